The van der Waals surface area contributed by atoms with Gasteiger partial charge in [0.1, 0.15) is 0 Å². The molecule has 27 heavy (non-hydrogen) atoms. The number of nitrogens with zero attached hydrogens (tertiary/aromatic N) is 1. The fourth-order valence-electron chi connectivity index (χ4n) is 3.67. The SMILES string of the molecule is Cc1ccc(SCC(=O)Nc2ccccc2CN(C)C2CCCCC2)cc1. The van der Waals surface area contributed by atoms with Crippen molar-refractivity contribution in [2.45, 2.75) is 56.5 Å². The number of hydrogen-bond acceptors (Lipinski definition) is 3. The molecule has 0 aliphatic heterocycles. The maximum Gasteiger partial charge on any atom is 0.234 e. The molecule has 1 N–H and O–H groups in total. The maximum atomic E-state index is 12.4. The minimum Gasteiger partial charge on any atom is -0.325 e. The van der Waals surface area contributed by atoms with E-state index in [2.05, 4.69) is 60.6 Å². The number of para-hydroxylation sites is 1. The third-order valence-corrected chi connectivity index (χ3v) is 6.31. The van der Waals surface area contributed by atoms with Crippen molar-refractivity contribution in [3.63, 3.8) is 0 Å². The average Bonchev–Trinajstić information content (AvgIpc) is 2.70. The van der Waals surface area contributed by atoms with Crippen molar-refractivity contribution in [2.24, 2.45) is 0 Å². The number of carbonyl (C=O) groups is 1. The number of thioether (sulfide) groups is 1. The smallest absolute Gasteiger partial charge is 0.234 e. The first-order valence-corrected chi connectivity index (χ1v) is 10.9. The summed E-state index contributed by atoms with van der Waals surface area (Å²) in [4.78, 5) is 16.0. The van der Waals surface area contributed by atoms with Gasteiger partial charge >= 0.3 is 0 Å². The Morgan fingerprint density at radius 2 is 1.78 bits per heavy atom. The summed E-state index contributed by atoms with van der Waals surface area (Å²) in [5.74, 6) is 0.476. The third-order valence-electron chi connectivity index (χ3n) is 5.30. The van der Waals surface area contributed by atoms with Crippen LogP contribution in [0.1, 0.15) is 43.2 Å². The molecule has 0 saturated heterocycles. The summed E-state index contributed by atoms with van der Waals surface area (Å²) in [6.45, 7) is 2.95. The Kier molecular flexibility index (Phi) is 7.36. The lowest BCUT2D eigenvalue weighted by molar-refractivity contribution is -0.113. The first-order valence-electron chi connectivity index (χ1n) is 9.89. The van der Waals surface area contributed by atoms with E-state index in [-0.39, 0.29) is 5.91 Å². The molecule has 3 rings (SSSR count). The van der Waals surface area contributed by atoms with Crippen LogP contribution >= 0.6 is 11.8 Å². The summed E-state index contributed by atoms with van der Waals surface area (Å²) in [5, 5.41) is 3.11. The molecule has 2 aromatic carbocycles. The molecule has 0 radical (unpaired) electrons. The Bertz CT molecular complexity index is 738. The van der Waals surface area contributed by atoms with E-state index >= 15 is 0 Å². The highest BCUT2D eigenvalue weighted by atomic mass is 32.2. The molecule has 0 heterocycles. The van der Waals surface area contributed by atoms with Crippen LogP contribution in [0.4, 0.5) is 5.69 Å². The molecule has 4 heteroatoms. The van der Waals surface area contributed by atoms with Gasteiger partial charge < -0.3 is 5.32 Å². The molecule has 2 aromatic rings. The van der Waals surface area contributed by atoms with Crippen molar-refractivity contribution < 1.29 is 4.79 Å². The number of rotatable bonds is 7. The zero-order valence-corrected chi connectivity index (χ0v) is 17.2. The van der Waals surface area contributed by atoms with E-state index in [1.165, 1.54) is 43.2 Å². The normalized spacial score (nSPS) is 15.1. The average molecular weight is 383 g/mol. The summed E-state index contributed by atoms with van der Waals surface area (Å²) < 4.78 is 0. The van der Waals surface area contributed by atoms with Gasteiger partial charge in [0.2, 0.25) is 5.91 Å². The van der Waals surface area contributed by atoms with Crippen LogP contribution in [0, 0.1) is 6.92 Å². The molecule has 144 valence electrons. The molecule has 0 aromatic heterocycles. The number of amides is 1. The number of aryl methyl sites for hydroxylation is 1. The lowest BCUT2D eigenvalue weighted by atomic mass is 9.94. The van der Waals surface area contributed by atoms with Crippen molar-refractivity contribution >= 4 is 23.4 Å². The predicted molar refractivity (Wildman–Crippen MR) is 115 cm³/mol. The van der Waals surface area contributed by atoms with E-state index in [9.17, 15) is 4.79 Å². The van der Waals surface area contributed by atoms with Crippen molar-refractivity contribution in [1.29, 1.82) is 0 Å². The second kappa shape index (κ2) is 9.95. The van der Waals surface area contributed by atoms with E-state index < -0.39 is 0 Å². The molecule has 0 atom stereocenters. The van der Waals surface area contributed by atoms with Crippen molar-refractivity contribution in [3.05, 3.63) is 59.7 Å². The molecule has 3 nitrogen and oxygen atoms in total. The molecular weight excluding hydrogens is 352 g/mol. The van der Waals surface area contributed by atoms with Crippen LogP contribution in [0.2, 0.25) is 0 Å². The standard InChI is InChI=1S/C23H30N2OS/c1-18-12-14-21(15-13-18)27-17-23(26)24-22-11-7-6-8-19(22)16-25(2)20-9-4-3-5-10-20/h6-8,11-15,20H,3-5,9-10,16-17H2,1-2H3,(H,24,26). The molecule has 1 aliphatic carbocycles. The fraction of sp³-hybridized carbons (Fsp3) is 0.435. The lowest BCUT2D eigenvalue weighted by Crippen LogP contribution is -2.33. The van der Waals surface area contributed by atoms with Crippen molar-refractivity contribution in [1.82, 2.24) is 4.90 Å². The Morgan fingerprint density at radius 1 is 1.07 bits per heavy atom. The molecule has 0 unspecified atom stereocenters. The van der Waals surface area contributed by atoms with Crippen molar-refractivity contribution in [2.75, 3.05) is 18.1 Å². The molecule has 1 fully saturated rings. The van der Waals surface area contributed by atoms with E-state index in [0.717, 1.165) is 17.1 Å². The Balaban J connectivity index is 1.56. The van der Waals surface area contributed by atoms with E-state index in [1.807, 2.05) is 12.1 Å². The van der Waals surface area contributed by atoms with Gasteiger partial charge in [-0.25, -0.2) is 0 Å². The minimum atomic E-state index is 0.0494. The van der Waals surface area contributed by atoms with Crippen LogP contribution in [0.25, 0.3) is 0 Å². The van der Waals surface area contributed by atoms with Gasteiger partial charge in [-0.2, -0.15) is 0 Å². The Hall–Kier alpha value is -1.78. The number of nitrogens with one attached hydrogen (secondary N) is 1. The topological polar surface area (TPSA) is 32.3 Å². The Labute approximate surface area is 167 Å². The van der Waals surface area contributed by atoms with E-state index in [1.54, 1.807) is 11.8 Å². The zero-order chi connectivity index (χ0) is 19.1. The molecule has 1 amide bonds. The largest absolute Gasteiger partial charge is 0.325 e. The third kappa shape index (κ3) is 6.12. The molecular formula is C23H30N2OS. The number of anilines is 1. The first-order chi connectivity index (χ1) is 13.1. The quantitative estimate of drug-likeness (QED) is 0.643. The van der Waals surface area contributed by atoms with Gasteiger partial charge in [-0.1, -0.05) is 55.2 Å². The van der Waals surface area contributed by atoms with Gasteiger partial charge in [-0.05, 0) is 50.6 Å². The van der Waals surface area contributed by atoms with Gasteiger partial charge in [0.25, 0.3) is 0 Å². The monoisotopic (exact) mass is 382 g/mol. The summed E-state index contributed by atoms with van der Waals surface area (Å²) >= 11 is 1.58. The summed E-state index contributed by atoms with van der Waals surface area (Å²) in [7, 11) is 2.21. The molecule has 0 bridgehead atoms. The van der Waals surface area contributed by atoms with Crippen LogP contribution in [-0.2, 0) is 11.3 Å². The summed E-state index contributed by atoms with van der Waals surface area (Å²) in [6, 6.07) is 17.2. The zero-order valence-electron chi connectivity index (χ0n) is 16.4. The molecule has 0 spiro atoms. The lowest BCUT2D eigenvalue weighted by Gasteiger charge is -2.31. The highest BCUT2D eigenvalue weighted by molar-refractivity contribution is 8.00. The van der Waals surface area contributed by atoms with Crippen LogP contribution < -0.4 is 5.32 Å². The Morgan fingerprint density at radius 3 is 2.52 bits per heavy atom. The van der Waals surface area contributed by atoms with Gasteiger partial charge in [0.05, 0.1) is 5.75 Å². The van der Waals surface area contributed by atoms with Crippen molar-refractivity contribution in [3.8, 4) is 0 Å². The van der Waals surface area contributed by atoms with Gasteiger partial charge in [0, 0.05) is 23.2 Å². The summed E-state index contributed by atoms with van der Waals surface area (Å²) in [6.07, 6.45) is 6.62. The number of hydrogen-bond donors (Lipinski definition) is 1. The fourth-order valence-corrected chi connectivity index (χ4v) is 4.37. The van der Waals surface area contributed by atoms with E-state index in [4.69, 9.17) is 0 Å². The highest BCUT2D eigenvalue weighted by Gasteiger charge is 2.19. The maximum absolute atomic E-state index is 12.4. The molecule has 1 saturated carbocycles. The predicted octanol–water partition coefficient (Wildman–Crippen LogP) is 5.49. The summed E-state index contributed by atoms with van der Waals surface area (Å²) in [5.41, 5.74) is 3.37. The number of carbonyl (C=O) groups excluding carboxylic acids is 1. The second-order valence-corrected chi connectivity index (χ2v) is 8.56. The minimum absolute atomic E-state index is 0.0494. The van der Waals surface area contributed by atoms with E-state index in [0.29, 0.717) is 11.8 Å². The molecule has 1 aliphatic rings. The number of benzene rings is 2. The van der Waals surface area contributed by atoms with Crippen LogP contribution in [0.5, 0.6) is 0 Å². The van der Waals surface area contributed by atoms with Gasteiger partial charge in [-0.15, -0.1) is 11.8 Å². The van der Waals surface area contributed by atoms with Crippen LogP contribution in [0.15, 0.2) is 53.4 Å². The van der Waals surface area contributed by atoms with Gasteiger partial charge in [0.15, 0.2) is 0 Å². The van der Waals surface area contributed by atoms with Gasteiger partial charge in [-0.3, -0.25) is 9.69 Å². The first kappa shape index (κ1) is 20.0. The highest BCUT2D eigenvalue weighted by Crippen LogP contribution is 2.25. The van der Waals surface area contributed by atoms with Crippen LogP contribution in [-0.4, -0.2) is 29.6 Å². The second-order valence-electron chi connectivity index (χ2n) is 7.51. The van der Waals surface area contributed by atoms with Crippen LogP contribution in [0.3, 0.4) is 0 Å².